The second kappa shape index (κ2) is 14.9. The van der Waals surface area contributed by atoms with Crippen LogP contribution >= 0.6 is 0 Å². The highest BCUT2D eigenvalue weighted by Crippen LogP contribution is 2.35. The summed E-state index contributed by atoms with van der Waals surface area (Å²) in [5, 5.41) is 0. The van der Waals surface area contributed by atoms with Crippen LogP contribution in [0.25, 0.3) is 27.8 Å². The van der Waals surface area contributed by atoms with Crippen LogP contribution in [0.4, 0.5) is 13.2 Å². The lowest BCUT2D eigenvalue weighted by molar-refractivity contribution is 0.285. The van der Waals surface area contributed by atoms with Gasteiger partial charge in [0.1, 0.15) is 5.82 Å². The van der Waals surface area contributed by atoms with Crippen LogP contribution in [-0.4, -0.2) is 6.61 Å². The normalized spacial score (nSPS) is 15.4. The van der Waals surface area contributed by atoms with Gasteiger partial charge in [-0.25, -0.2) is 8.78 Å². The summed E-state index contributed by atoms with van der Waals surface area (Å²) in [7, 11) is 0. The van der Waals surface area contributed by atoms with Crippen molar-refractivity contribution in [1.82, 2.24) is 0 Å². The minimum Gasteiger partial charge on any atom is -0.490 e. The molecule has 0 aliphatic heterocycles. The number of hydrogen-bond donors (Lipinski definition) is 0. The molecule has 4 heteroatoms. The van der Waals surface area contributed by atoms with Gasteiger partial charge in [-0.15, -0.1) is 0 Å². The van der Waals surface area contributed by atoms with Gasteiger partial charge >= 0.3 is 0 Å². The smallest absolute Gasteiger partial charge is 0.201 e. The average molecular weight is 547 g/mol. The maximum absolute atomic E-state index is 15.1. The summed E-state index contributed by atoms with van der Waals surface area (Å²) in [5.41, 5.74) is 4.01. The van der Waals surface area contributed by atoms with E-state index in [9.17, 15) is 8.78 Å². The predicted octanol–water partition coefficient (Wildman–Crippen LogP) is 11.3. The van der Waals surface area contributed by atoms with Gasteiger partial charge in [-0.3, -0.25) is 0 Å². The molecule has 1 atom stereocenters. The molecule has 212 valence electrons. The van der Waals surface area contributed by atoms with Crippen LogP contribution in [-0.2, 0) is 0 Å². The van der Waals surface area contributed by atoms with Crippen LogP contribution in [0.3, 0.4) is 0 Å². The van der Waals surface area contributed by atoms with E-state index in [1.54, 1.807) is 24.3 Å². The van der Waals surface area contributed by atoms with Crippen molar-refractivity contribution in [2.45, 2.75) is 78.1 Å². The van der Waals surface area contributed by atoms with Crippen LogP contribution in [0.15, 0.2) is 72.8 Å². The summed E-state index contributed by atoms with van der Waals surface area (Å²) in [5.74, 6) is -1.64. The Kier molecular flexibility index (Phi) is 11.1. The maximum atomic E-state index is 15.1. The summed E-state index contributed by atoms with van der Waals surface area (Å²) >= 11 is 0. The van der Waals surface area contributed by atoms with E-state index in [2.05, 4.69) is 25.2 Å². The number of unbranched alkanes of at least 4 members (excludes halogenated alkanes) is 6. The van der Waals surface area contributed by atoms with Gasteiger partial charge in [-0.1, -0.05) is 100 Å². The van der Waals surface area contributed by atoms with E-state index >= 15 is 4.39 Å². The second-order valence-electron chi connectivity index (χ2n) is 10.8. The monoisotopic (exact) mass is 546 g/mol. The number of ether oxygens (including phenoxy) is 1. The van der Waals surface area contributed by atoms with Crippen LogP contribution in [0, 0.1) is 23.4 Å². The minimum absolute atomic E-state index is 0.0511. The Morgan fingerprint density at radius 2 is 1.45 bits per heavy atom. The van der Waals surface area contributed by atoms with Crippen LogP contribution < -0.4 is 4.74 Å². The third kappa shape index (κ3) is 7.68. The fourth-order valence-corrected chi connectivity index (χ4v) is 5.45. The van der Waals surface area contributed by atoms with Crippen molar-refractivity contribution >= 4 is 5.57 Å². The number of rotatable bonds is 13. The fourth-order valence-electron chi connectivity index (χ4n) is 5.45. The van der Waals surface area contributed by atoms with Gasteiger partial charge in [0, 0.05) is 11.1 Å². The predicted molar refractivity (Wildman–Crippen MR) is 161 cm³/mol. The standard InChI is InChI=1S/C36H41F3O/c1-3-5-6-7-8-9-10-24-40-34-23-22-32(35(38)36(34)39)29-18-16-27(17-19-29)30-20-21-31(33(37)25-30)28-14-12-26(11-4-2)13-15-28/h4,11,14,16-23,25-26H,3,5-10,12-13,15,24H2,1-2H3. The molecule has 0 saturated heterocycles. The van der Waals surface area contributed by atoms with Crippen LogP contribution in [0.1, 0.15) is 83.6 Å². The van der Waals surface area contributed by atoms with Crippen LogP contribution in [0.2, 0.25) is 0 Å². The number of benzene rings is 3. The lowest BCUT2D eigenvalue weighted by atomic mass is 9.86. The summed E-state index contributed by atoms with van der Waals surface area (Å²) in [4.78, 5) is 0. The highest BCUT2D eigenvalue weighted by molar-refractivity contribution is 5.74. The molecule has 3 aromatic carbocycles. The SMILES string of the molecule is CC=CC1CC=C(c2ccc(-c3ccc(-c4ccc(OCCCCCCCCC)c(F)c4F)cc3)cc2F)CC1. The van der Waals surface area contributed by atoms with Gasteiger partial charge in [0.2, 0.25) is 5.82 Å². The first kappa shape index (κ1) is 29.7. The molecule has 0 fully saturated rings. The largest absolute Gasteiger partial charge is 0.490 e. The van der Waals surface area contributed by atoms with Crippen LogP contribution in [0.5, 0.6) is 5.75 Å². The zero-order valence-corrected chi connectivity index (χ0v) is 23.8. The molecule has 1 aliphatic carbocycles. The van der Waals surface area contributed by atoms with E-state index in [0.717, 1.165) is 55.2 Å². The molecule has 0 aromatic heterocycles. The van der Waals surface area contributed by atoms with Gasteiger partial charge in [-0.05, 0) is 79.0 Å². The van der Waals surface area contributed by atoms with Crippen molar-refractivity contribution in [1.29, 1.82) is 0 Å². The molecule has 0 amide bonds. The first-order valence-electron chi connectivity index (χ1n) is 14.8. The Morgan fingerprint density at radius 1 is 0.775 bits per heavy atom. The lowest BCUT2D eigenvalue weighted by Gasteiger charge is -2.20. The molecule has 1 nitrogen and oxygen atoms in total. The molecular formula is C36H41F3O. The molecule has 0 heterocycles. The molecule has 0 N–H and O–H groups in total. The third-order valence-electron chi connectivity index (χ3n) is 7.81. The van der Waals surface area contributed by atoms with Gasteiger partial charge < -0.3 is 4.74 Å². The number of halogens is 3. The van der Waals surface area contributed by atoms with E-state index in [4.69, 9.17) is 4.74 Å². The van der Waals surface area contributed by atoms with E-state index in [1.165, 1.54) is 31.7 Å². The zero-order valence-electron chi connectivity index (χ0n) is 23.8. The molecule has 4 rings (SSSR count). The Bertz CT molecular complexity index is 1310. The quantitative estimate of drug-likeness (QED) is 0.153. The average Bonchev–Trinajstić information content (AvgIpc) is 2.97. The second-order valence-corrected chi connectivity index (χ2v) is 10.8. The molecular weight excluding hydrogens is 505 g/mol. The van der Waals surface area contributed by atoms with E-state index in [-0.39, 0.29) is 17.1 Å². The topological polar surface area (TPSA) is 9.23 Å². The molecule has 1 aliphatic rings. The van der Waals surface area contributed by atoms with E-state index in [0.29, 0.717) is 23.7 Å². The molecule has 3 aromatic rings. The third-order valence-corrected chi connectivity index (χ3v) is 7.81. The Balaban J connectivity index is 1.38. The van der Waals surface area contributed by atoms with Crippen molar-refractivity contribution in [3.8, 4) is 28.0 Å². The van der Waals surface area contributed by atoms with Gasteiger partial charge in [0.25, 0.3) is 0 Å². The van der Waals surface area contributed by atoms with E-state index < -0.39 is 11.6 Å². The summed E-state index contributed by atoms with van der Waals surface area (Å²) < 4.78 is 50.3. The molecule has 0 bridgehead atoms. The molecule has 0 spiro atoms. The summed E-state index contributed by atoms with van der Waals surface area (Å²) in [6, 6.07) is 15.5. The molecule has 0 saturated carbocycles. The molecule has 0 radical (unpaired) electrons. The van der Waals surface area contributed by atoms with Crippen molar-refractivity contribution in [3.05, 3.63) is 95.8 Å². The van der Waals surface area contributed by atoms with Crippen molar-refractivity contribution in [2.24, 2.45) is 5.92 Å². The minimum atomic E-state index is -0.962. The van der Waals surface area contributed by atoms with Gasteiger partial charge in [0.15, 0.2) is 11.6 Å². The van der Waals surface area contributed by atoms with Crippen molar-refractivity contribution < 1.29 is 17.9 Å². The molecule has 40 heavy (non-hydrogen) atoms. The zero-order chi connectivity index (χ0) is 28.3. The first-order valence-corrected chi connectivity index (χ1v) is 14.8. The summed E-state index contributed by atoms with van der Waals surface area (Å²) in [6.45, 7) is 4.60. The Morgan fingerprint density at radius 3 is 2.12 bits per heavy atom. The fraction of sp³-hybridized carbons (Fsp3) is 0.389. The van der Waals surface area contributed by atoms with E-state index in [1.807, 2.05) is 31.2 Å². The number of allylic oxidation sites excluding steroid dienone is 4. The van der Waals surface area contributed by atoms with Gasteiger partial charge in [0.05, 0.1) is 6.61 Å². The highest BCUT2D eigenvalue weighted by Gasteiger charge is 2.18. The van der Waals surface area contributed by atoms with Gasteiger partial charge in [-0.2, -0.15) is 4.39 Å². The first-order chi connectivity index (χ1) is 19.5. The lowest BCUT2D eigenvalue weighted by Crippen LogP contribution is -2.03. The van der Waals surface area contributed by atoms with Crippen molar-refractivity contribution in [3.63, 3.8) is 0 Å². The Hall–Kier alpha value is -3.27. The molecule has 1 unspecified atom stereocenters. The maximum Gasteiger partial charge on any atom is 0.201 e. The number of hydrogen-bond acceptors (Lipinski definition) is 1. The highest BCUT2D eigenvalue weighted by atomic mass is 19.2. The van der Waals surface area contributed by atoms with Crippen molar-refractivity contribution in [2.75, 3.05) is 6.61 Å². The Labute approximate surface area is 237 Å². The summed E-state index contributed by atoms with van der Waals surface area (Å²) in [6.07, 6.45) is 17.2.